The molecule has 1 fully saturated rings. The zero-order valence-corrected chi connectivity index (χ0v) is 19.6. The molecular formula is C25H33N3O3S. The molecule has 2 aromatic carbocycles. The SMILES string of the molecule is Cc1cc(O)cc(C)c1C(N)CC(=O)NC1(C(=O)NCCCc2ccccc2)CCSC1. The monoisotopic (exact) mass is 455 g/mol. The van der Waals surface area contributed by atoms with E-state index in [4.69, 9.17) is 5.73 Å². The maximum atomic E-state index is 13.0. The van der Waals surface area contributed by atoms with E-state index in [-0.39, 0.29) is 24.0 Å². The van der Waals surface area contributed by atoms with Crippen molar-refractivity contribution in [3.63, 3.8) is 0 Å². The van der Waals surface area contributed by atoms with Crippen LogP contribution in [0, 0.1) is 13.8 Å². The molecule has 2 unspecified atom stereocenters. The first-order chi connectivity index (χ1) is 15.3. The van der Waals surface area contributed by atoms with Crippen molar-refractivity contribution >= 4 is 23.6 Å². The lowest BCUT2D eigenvalue weighted by atomic mass is 9.93. The average molecular weight is 456 g/mol. The van der Waals surface area contributed by atoms with Gasteiger partial charge in [-0.2, -0.15) is 11.8 Å². The van der Waals surface area contributed by atoms with E-state index in [2.05, 4.69) is 22.8 Å². The zero-order chi connectivity index (χ0) is 23.1. The van der Waals surface area contributed by atoms with Crippen LogP contribution >= 0.6 is 11.8 Å². The Bertz CT molecular complexity index is 920. The third-order valence-electron chi connectivity index (χ3n) is 5.96. The van der Waals surface area contributed by atoms with Gasteiger partial charge in [0.15, 0.2) is 0 Å². The quantitative estimate of drug-likeness (QED) is 0.435. The number of hydrogen-bond donors (Lipinski definition) is 4. The summed E-state index contributed by atoms with van der Waals surface area (Å²) in [6, 6.07) is 13.0. The second-order valence-electron chi connectivity index (χ2n) is 8.58. The Morgan fingerprint density at radius 2 is 1.88 bits per heavy atom. The number of hydrogen-bond acceptors (Lipinski definition) is 5. The zero-order valence-electron chi connectivity index (χ0n) is 18.8. The Kier molecular flexibility index (Phi) is 8.21. The summed E-state index contributed by atoms with van der Waals surface area (Å²) in [5.41, 5.74) is 9.27. The molecule has 0 spiro atoms. The van der Waals surface area contributed by atoms with Crippen molar-refractivity contribution in [3.05, 3.63) is 64.7 Å². The summed E-state index contributed by atoms with van der Waals surface area (Å²) in [4.78, 5) is 25.9. The van der Waals surface area contributed by atoms with Gasteiger partial charge in [-0.25, -0.2) is 0 Å². The predicted octanol–water partition coefficient (Wildman–Crippen LogP) is 3.14. The standard InChI is InChI=1S/C25H33N3O3S/c1-17-13-20(29)14-18(2)23(17)21(26)15-22(30)28-25(10-12-32-16-25)24(31)27-11-6-9-19-7-4-3-5-8-19/h3-5,7-8,13-14,21,29H,6,9-12,15-16,26H2,1-2H3,(H,27,31)(H,28,30). The van der Waals surface area contributed by atoms with Crippen LogP contribution in [0.3, 0.4) is 0 Å². The van der Waals surface area contributed by atoms with Crippen molar-refractivity contribution in [2.45, 2.75) is 51.1 Å². The summed E-state index contributed by atoms with van der Waals surface area (Å²) in [6.45, 7) is 4.32. The minimum absolute atomic E-state index is 0.0835. The summed E-state index contributed by atoms with van der Waals surface area (Å²) >= 11 is 1.67. The fourth-order valence-electron chi connectivity index (χ4n) is 4.36. The molecule has 0 saturated carbocycles. The van der Waals surface area contributed by atoms with Gasteiger partial charge in [-0.3, -0.25) is 9.59 Å². The lowest BCUT2D eigenvalue weighted by molar-refractivity contribution is -0.132. The second-order valence-corrected chi connectivity index (χ2v) is 9.69. The number of nitrogens with one attached hydrogen (secondary N) is 2. The van der Waals surface area contributed by atoms with Crippen molar-refractivity contribution < 1.29 is 14.7 Å². The largest absolute Gasteiger partial charge is 0.508 e. The number of phenols is 1. The third-order valence-corrected chi connectivity index (χ3v) is 7.15. The molecule has 0 bridgehead atoms. The Morgan fingerprint density at radius 1 is 1.19 bits per heavy atom. The lowest BCUT2D eigenvalue weighted by Crippen LogP contribution is -2.59. The number of nitrogens with two attached hydrogens (primary N) is 1. The fourth-order valence-corrected chi connectivity index (χ4v) is 5.70. The molecule has 3 rings (SSSR count). The van der Waals surface area contributed by atoms with Crippen molar-refractivity contribution in [1.82, 2.24) is 10.6 Å². The molecule has 172 valence electrons. The number of carbonyl (C=O) groups is 2. The molecule has 2 atom stereocenters. The van der Waals surface area contributed by atoms with Gasteiger partial charge in [0.1, 0.15) is 11.3 Å². The van der Waals surface area contributed by atoms with Gasteiger partial charge < -0.3 is 21.5 Å². The summed E-state index contributed by atoms with van der Waals surface area (Å²) < 4.78 is 0. The topological polar surface area (TPSA) is 104 Å². The number of thioether (sulfide) groups is 1. The van der Waals surface area contributed by atoms with E-state index in [1.807, 2.05) is 32.0 Å². The van der Waals surface area contributed by atoms with Gasteiger partial charge in [-0.15, -0.1) is 0 Å². The number of phenolic OH excluding ortho intramolecular Hbond substituents is 1. The summed E-state index contributed by atoms with van der Waals surface area (Å²) in [7, 11) is 0. The number of aryl methyl sites for hydroxylation is 3. The first-order valence-corrected chi connectivity index (χ1v) is 12.2. The van der Waals surface area contributed by atoms with Gasteiger partial charge in [-0.05, 0) is 73.2 Å². The summed E-state index contributed by atoms with van der Waals surface area (Å²) in [5.74, 6) is 1.24. The molecule has 1 aliphatic rings. The molecule has 2 amide bonds. The van der Waals surface area contributed by atoms with Crippen LogP contribution in [0.1, 0.15) is 47.6 Å². The van der Waals surface area contributed by atoms with E-state index < -0.39 is 11.6 Å². The van der Waals surface area contributed by atoms with Crippen LogP contribution in [0.4, 0.5) is 0 Å². The number of amides is 2. The number of rotatable bonds is 9. The first-order valence-electron chi connectivity index (χ1n) is 11.1. The Morgan fingerprint density at radius 3 is 2.50 bits per heavy atom. The van der Waals surface area contributed by atoms with Crippen molar-refractivity contribution in [3.8, 4) is 5.75 Å². The van der Waals surface area contributed by atoms with Crippen LogP contribution in [0.15, 0.2) is 42.5 Å². The molecular weight excluding hydrogens is 422 g/mol. The maximum absolute atomic E-state index is 13.0. The van der Waals surface area contributed by atoms with E-state index in [1.165, 1.54) is 5.56 Å². The van der Waals surface area contributed by atoms with Crippen LogP contribution < -0.4 is 16.4 Å². The van der Waals surface area contributed by atoms with Crippen LogP contribution in [-0.2, 0) is 16.0 Å². The highest BCUT2D eigenvalue weighted by molar-refractivity contribution is 7.99. The van der Waals surface area contributed by atoms with Gasteiger partial charge in [0, 0.05) is 24.8 Å². The minimum atomic E-state index is -0.882. The molecule has 5 N–H and O–H groups in total. The third kappa shape index (κ3) is 6.04. The summed E-state index contributed by atoms with van der Waals surface area (Å²) in [6.07, 6.45) is 2.44. The highest BCUT2D eigenvalue weighted by atomic mass is 32.2. The second kappa shape index (κ2) is 10.9. The van der Waals surface area contributed by atoms with Crippen molar-refractivity contribution in [1.29, 1.82) is 0 Å². The average Bonchev–Trinajstić information content (AvgIpc) is 3.20. The first kappa shape index (κ1) is 24.1. The molecule has 2 aromatic rings. The van der Waals surface area contributed by atoms with E-state index in [0.29, 0.717) is 18.7 Å². The van der Waals surface area contributed by atoms with Crippen molar-refractivity contribution in [2.24, 2.45) is 5.73 Å². The van der Waals surface area contributed by atoms with Gasteiger partial charge in [0.25, 0.3) is 0 Å². The van der Waals surface area contributed by atoms with E-state index in [9.17, 15) is 14.7 Å². The van der Waals surface area contributed by atoms with Gasteiger partial charge in [0.05, 0.1) is 0 Å². The molecule has 0 aliphatic carbocycles. The fraction of sp³-hybridized carbons (Fsp3) is 0.440. The highest BCUT2D eigenvalue weighted by Gasteiger charge is 2.43. The van der Waals surface area contributed by atoms with Gasteiger partial charge in [-0.1, -0.05) is 30.3 Å². The van der Waals surface area contributed by atoms with Crippen LogP contribution in [0.5, 0.6) is 5.75 Å². The van der Waals surface area contributed by atoms with Crippen molar-refractivity contribution in [2.75, 3.05) is 18.1 Å². The Balaban J connectivity index is 1.56. The van der Waals surface area contributed by atoms with E-state index in [1.54, 1.807) is 23.9 Å². The van der Waals surface area contributed by atoms with Gasteiger partial charge in [0.2, 0.25) is 11.8 Å². The van der Waals surface area contributed by atoms with Crippen LogP contribution in [0.25, 0.3) is 0 Å². The molecule has 7 heteroatoms. The molecule has 0 radical (unpaired) electrons. The maximum Gasteiger partial charge on any atom is 0.246 e. The molecule has 1 heterocycles. The normalized spacial score (nSPS) is 18.8. The summed E-state index contributed by atoms with van der Waals surface area (Å²) in [5, 5.41) is 15.8. The number of aromatic hydroxyl groups is 1. The number of carbonyl (C=O) groups excluding carboxylic acids is 2. The highest BCUT2D eigenvalue weighted by Crippen LogP contribution is 2.30. The molecule has 0 aromatic heterocycles. The smallest absolute Gasteiger partial charge is 0.246 e. The molecule has 1 saturated heterocycles. The predicted molar refractivity (Wildman–Crippen MR) is 130 cm³/mol. The van der Waals surface area contributed by atoms with E-state index >= 15 is 0 Å². The van der Waals surface area contributed by atoms with Gasteiger partial charge >= 0.3 is 0 Å². The molecule has 6 nitrogen and oxygen atoms in total. The molecule has 32 heavy (non-hydrogen) atoms. The lowest BCUT2D eigenvalue weighted by Gasteiger charge is -2.29. The van der Waals surface area contributed by atoms with Crippen LogP contribution in [-0.4, -0.2) is 40.5 Å². The Hall–Kier alpha value is -2.51. The number of benzene rings is 2. The molecule has 1 aliphatic heterocycles. The van der Waals surface area contributed by atoms with E-state index in [0.717, 1.165) is 35.3 Å². The van der Waals surface area contributed by atoms with Crippen LogP contribution in [0.2, 0.25) is 0 Å². The Labute approximate surface area is 194 Å². The minimum Gasteiger partial charge on any atom is -0.508 e.